The first-order valence-electron chi connectivity index (χ1n) is 6.42. The number of nitrogens with zero attached hydrogens (tertiary/aromatic N) is 4. The van der Waals surface area contributed by atoms with Gasteiger partial charge in [-0.05, 0) is 35.7 Å². The Bertz CT molecular complexity index is 965. The summed E-state index contributed by atoms with van der Waals surface area (Å²) in [6.07, 6.45) is 1.69. The van der Waals surface area contributed by atoms with Gasteiger partial charge in [0.15, 0.2) is 5.82 Å². The highest BCUT2D eigenvalue weighted by Crippen LogP contribution is 2.25. The third kappa shape index (κ3) is 2.17. The van der Waals surface area contributed by atoms with Gasteiger partial charge in [0.25, 0.3) is 5.78 Å². The molecule has 4 nitrogen and oxygen atoms in total. The van der Waals surface area contributed by atoms with Crippen molar-refractivity contribution >= 4 is 28.7 Å². The Balaban J connectivity index is 1.91. The van der Waals surface area contributed by atoms with E-state index in [4.69, 9.17) is 11.6 Å². The molecule has 0 aliphatic rings. The minimum Gasteiger partial charge on any atom is -0.220 e. The zero-order valence-electron chi connectivity index (χ0n) is 11.1. The molecule has 4 rings (SSSR count). The van der Waals surface area contributed by atoms with Crippen LogP contribution in [-0.4, -0.2) is 19.6 Å². The van der Waals surface area contributed by atoms with Crippen molar-refractivity contribution < 1.29 is 4.39 Å². The lowest BCUT2D eigenvalue weighted by atomic mass is 10.2. The summed E-state index contributed by atoms with van der Waals surface area (Å²) in [4.78, 5) is 8.61. The summed E-state index contributed by atoms with van der Waals surface area (Å²) in [5.74, 6) is 0.475. The van der Waals surface area contributed by atoms with Crippen molar-refractivity contribution in [3.8, 4) is 22.6 Å². The van der Waals surface area contributed by atoms with Crippen LogP contribution in [0.15, 0.2) is 47.3 Å². The van der Waals surface area contributed by atoms with Crippen molar-refractivity contribution in [1.82, 2.24) is 19.6 Å². The maximum atomic E-state index is 13.3. The molecule has 0 saturated carbocycles. The van der Waals surface area contributed by atoms with E-state index in [1.165, 1.54) is 12.1 Å². The number of aromatic nitrogens is 4. The van der Waals surface area contributed by atoms with E-state index in [-0.39, 0.29) is 5.02 Å². The molecule has 0 radical (unpaired) electrons. The van der Waals surface area contributed by atoms with E-state index in [0.29, 0.717) is 17.2 Å². The van der Waals surface area contributed by atoms with Crippen molar-refractivity contribution in [2.75, 3.05) is 0 Å². The molecule has 0 bridgehead atoms. The second-order valence-electron chi connectivity index (χ2n) is 4.62. The van der Waals surface area contributed by atoms with Crippen molar-refractivity contribution in [3.05, 3.63) is 58.1 Å². The average molecular weight is 331 g/mol. The Morgan fingerprint density at radius 3 is 2.82 bits per heavy atom. The van der Waals surface area contributed by atoms with Crippen LogP contribution in [0.5, 0.6) is 0 Å². The first-order chi connectivity index (χ1) is 10.7. The molecule has 108 valence electrons. The van der Waals surface area contributed by atoms with Gasteiger partial charge in [-0.3, -0.25) is 0 Å². The van der Waals surface area contributed by atoms with Crippen LogP contribution in [-0.2, 0) is 0 Å². The highest BCUT2D eigenvalue weighted by atomic mass is 35.5. The van der Waals surface area contributed by atoms with E-state index in [2.05, 4.69) is 15.1 Å². The van der Waals surface area contributed by atoms with Crippen molar-refractivity contribution in [2.24, 2.45) is 0 Å². The molecule has 0 fully saturated rings. The Morgan fingerprint density at radius 2 is 2.05 bits per heavy atom. The van der Waals surface area contributed by atoms with E-state index in [1.807, 2.05) is 22.9 Å². The summed E-state index contributed by atoms with van der Waals surface area (Å²) in [5.41, 5.74) is 2.59. The van der Waals surface area contributed by atoms with Crippen LogP contribution in [0.3, 0.4) is 0 Å². The van der Waals surface area contributed by atoms with Crippen molar-refractivity contribution in [2.45, 2.75) is 0 Å². The summed E-state index contributed by atoms with van der Waals surface area (Å²) in [6.45, 7) is 0. The summed E-state index contributed by atoms with van der Waals surface area (Å²) < 4.78 is 15.0. The van der Waals surface area contributed by atoms with Crippen LogP contribution < -0.4 is 0 Å². The number of fused-ring (bicyclic) bond motifs is 1. The highest BCUT2D eigenvalue weighted by Gasteiger charge is 2.12. The van der Waals surface area contributed by atoms with Gasteiger partial charge in [0, 0.05) is 22.7 Å². The Morgan fingerprint density at radius 1 is 1.14 bits per heavy atom. The smallest absolute Gasteiger partial charge is 0.220 e. The van der Waals surface area contributed by atoms with Gasteiger partial charge >= 0.3 is 0 Å². The first kappa shape index (κ1) is 13.4. The highest BCUT2D eigenvalue weighted by molar-refractivity contribution is 7.08. The monoisotopic (exact) mass is 330 g/mol. The zero-order chi connectivity index (χ0) is 15.1. The Kier molecular flexibility index (Phi) is 3.13. The molecule has 22 heavy (non-hydrogen) atoms. The lowest BCUT2D eigenvalue weighted by Gasteiger charge is -2.00. The normalized spacial score (nSPS) is 11.2. The summed E-state index contributed by atoms with van der Waals surface area (Å²) in [6, 6.07) is 8.30. The number of rotatable bonds is 2. The fourth-order valence-electron chi connectivity index (χ4n) is 2.18. The molecule has 1 aromatic carbocycles. The summed E-state index contributed by atoms with van der Waals surface area (Å²) in [5, 5.41) is 8.55. The van der Waals surface area contributed by atoms with Crippen LogP contribution in [0.2, 0.25) is 5.02 Å². The van der Waals surface area contributed by atoms with E-state index in [1.54, 1.807) is 28.1 Å². The molecule has 0 N–H and O–H groups in total. The molecule has 0 saturated heterocycles. The minimum absolute atomic E-state index is 0.0439. The molecule has 0 aliphatic carbocycles. The van der Waals surface area contributed by atoms with Gasteiger partial charge in [0.05, 0.1) is 10.7 Å². The second-order valence-corrected chi connectivity index (χ2v) is 5.81. The van der Waals surface area contributed by atoms with Crippen LogP contribution in [0, 0.1) is 5.82 Å². The number of thiophene rings is 1. The maximum absolute atomic E-state index is 13.3. The maximum Gasteiger partial charge on any atom is 0.253 e. The summed E-state index contributed by atoms with van der Waals surface area (Å²) in [7, 11) is 0. The van der Waals surface area contributed by atoms with Gasteiger partial charge in [-0.15, -0.1) is 5.10 Å². The predicted octanol–water partition coefficient (Wildman–Crippen LogP) is 4.31. The van der Waals surface area contributed by atoms with Crippen LogP contribution in [0.4, 0.5) is 4.39 Å². The lowest BCUT2D eigenvalue weighted by Crippen LogP contribution is -1.94. The van der Waals surface area contributed by atoms with Gasteiger partial charge < -0.3 is 0 Å². The van der Waals surface area contributed by atoms with Gasteiger partial charge in [-0.2, -0.15) is 20.8 Å². The standard InChI is InChI=1S/C15H8ClFN4S/c16-11-7-9(1-2-12(11)17)14-19-15-18-5-3-13(21(15)20-14)10-4-6-22-8-10/h1-8H. The van der Waals surface area contributed by atoms with Crippen LogP contribution in [0.1, 0.15) is 0 Å². The topological polar surface area (TPSA) is 43.1 Å². The molecule has 3 heterocycles. The molecule has 0 atom stereocenters. The average Bonchev–Trinajstić information content (AvgIpc) is 3.18. The Hall–Kier alpha value is -2.31. The quantitative estimate of drug-likeness (QED) is 0.550. The predicted molar refractivity (Wildman–Crippen MR) is 84.5 cm³/mol. The molecule has 4 aromatic rings. The van der Waals surface area contributed by atoms with E-state index < -0.39 is 5.82 Å². The molecular formula is C15H8ClFN4S. The SMILES string of the molecule is Fc1ccc(-c2nc3nccc(-c4ccsc4)n3n2)cc1Cl. The molecule has 0 aliphatic heterocycles. The lowest BCUT2D eigenvalue weighted by molar-refractivity contribution is 0.628. The number of benzene rings is 1. The second kappa shape index (κ2) is 5.15. The minimum atomic E-state index is -0.466. The van der Waals surface area contributed by atoms with Gasteiger partial charge in [0.1, 0.15) is 5.82 Å². The number of halogens is 2. The largest absolute Gasteiger partial charge is 0.253 e. The zero-order valence-corrected chi connectivity index (χ0v) is 12.6. The molecular weight excluding hydrogens is 323 g/mol. The number of hydrogen-bond acceptors (Lipinski definition) is 4. The molecule has 3 aromatic heterocycles. The van der Waals surface area contributed by atoms with E-state index in [9.17, 15) is 4.39 Å². The third-order valence-corrected chi connectivity index (χ3v) is 4.21. The molecule has 0 spiro atoms. The third-order valence-electron chi connectivity index (χ3n) is 3.24. The molecule has 7 heteroatoms. The molecule has 0 unspecified atom stereocenters. The van der Waals surface area contributed by atoms with Gasteiger partial charge in [0.2, 0.25) is 0 Å². The van der Waals surface area contributed by atoms with Gasteiger partial charge in [-0.1, -0.05) is 11.6 Å². The van der Waals surface area contributed by atoms with Crippen molar-refractivity contribution in [3.63, 3.8) is 0 Å². The van der Waals surface area contributed by atoms with E-state index >= 15 is 0 Å². The summed E-state index contributed by atoms with van der Waals surface area (Å²) >= 11 is 7.43. The molecule has 0 amide bonds. The van der Waals surface area contributed by atoms with Crippen LogP contribution >= 0.6 is 22.9 Å². The number of hydrogen-bond donors (Lipinski definition) is 0. The fourth-order valence-corrected chi connectivity index (χ4v) is 3.01. The van der Waals surface area contributed by atoms with Crippen LogP contribution in [0.25, 0.3) is 28.4 Å². The first-order valence-corrected chi connectivity index (χ1v) is 7.74. The Labute approximate surface area is 133 Å². The van der Waals surface area contributed by atoms with Crippen molar-refractivity contribution in [1.29, 1.82) is 0 Å². The van der Waals surface area contributed by atoms with E-state index in [0.717, 1.165) is 11.3 Å². The fraction of sp³-hybridized carbons (Fsp3) is 0. The van der Waals surface area contributed by atoms with Gasteiger partial charge in [-0.25, -0.2) is 9.37 Å².